The largest absolute Gasteiger partial charge is 0.479 e. The average Bonchev–Trinajstić information content (AvgIpc) is 2.98. The zero-order valence-electron chi connectivity index (χ0n) is 11.3. The van der Waals surface area contributed by atoms with E-state index in [0.717, 1.165) is 5.75 Å². The summed E-state index contributed by atoms with van der Waals surface area (Å²) in [6.45, 7) is 2.08. The fourth-order valence-electron chi connectivity index (χ4n) is 2.01. The molecule has 1 unspecified atom stereocenters. The molecule has 0 radical (unpaired) electrons. The highest BCUT2D eigenvalue weighted by atomic mass is 32.2. The predicted molar refractivity (Wildman–Crippen MR) is 77.3 cm³/mol. The number of hydrogen-bond donors (Lipinski definition) is 2. The Labute approximate surface area is 124 Å². The van der Waals surface area contributed by atoms with Crippen LogP contribution < -0.4 is 5.32 Å². The summed E-state index contributed by atoms with van der Waals surface area (Å²) in [5, 5.41) is 12.7. The van der Waals surface area contributed by atoms with Crippen LogP contribution in [0.4, 0.5) is 0 Å². The number of carboxylic acid groups (broad SMARTS) is 1. The van der Waals surface area contributed by atoms with Gasteiger partial charge in [0.25, 0.3) is 5.91 Å². The third-order valence-electron chi connectivity index (χ3n) is 3.10. The molecule has 1 fully saturated rings. The molecule has 1 aromatic heterocycles. The van der Waals surface area contributed by atoms with Gasteiger partial charge < -0.3 is 15.2 Å². The van der Waals surface area contributed by atoms with Crippen LogP contribution in [0.3, 0.4) is 0 Å². The van der Waals surface area contributed by atoms with E-state index < -0.39 is 11.5 Å². The smallest absolute Gasteiger partial charge is 0.330 e. The Hall–Kier alpha value is -1.12. The van der Waals surface area contributed by atoms with Crippen molar-refractivity contribution >= 4 is 35.0 Å². The summed E-state index contributed by atoms with van der Waals surface area (Å²) >= 11 is 2.77. The number of nitrogens with zero attached hydrogens (tertiary/aromatic N) is 1. The molecule has 1 aliphatic rings. The maximum atomic E-state index is 12.3. The fraction of sp³-hybridized carbons (Fsp3) is 0.583. The zero-order valence-corrected chi connectivity index (χ0v) is 12.9. The second-order valence-electron chi connectivity index (χ2n) is 4.60. The van der Waals surface area contributed by atoms with E-state index in [1.54, 1.807) is 14.0 Å². The van der Waals surface area contributed by atoms with Crippen molar-refractivity contribution < 1.29 is 19.4 Å². The minimum atomic E-state index is -1.15. The topological polar surface area (TPSA) is 88.5 Å². The van der Waals surface area contributed by atoms with Gasteiger partial charge in [-0.2, -0.15) is 11.8 Å². The first-order chi connectivity index (χ1) is 9.48. The number of thiazole rings is 1. The molecule has 20 heavy (non-hydrogen) atoms. The summed E-state index contributed by atoms with van der Waals surface area (Å²) in [6, 6.07) is 0. The molecule has 0 spiro atoms. The Morgan fingerprint density at radius 2 is 2.30 bits per heavy atom. The highest BCUT2D eigenvalue weighted by Gasteiger charge is 2.43. The molecule has 1 aliphatic heterocycles. The average molecular weight is 316 g/mol. The number of carboxylic acids is 1. The second kappa shape index (κ2) is 6.11. The highest BCUT2D eigenvalue weighted by Crippen LogP contribution is 2.29. The third-order valence-corrected chi connectivity index (χ3v) is 5.42. The zero-order chi connectivity index (χ0) is 14.8. The van der Waals surface area contributed by atoms with Gasteiger partial charge >= 0.3 is 5.97 Å². The van der Waals surface area contributed by atoms with Gasteiger partial charge in [-0.1, -0.05) is 0 Å². The van der Waals surface area contributed by atoms with Crippen LogP contribution >= 0.6 is 23.1 Å². The molecule has 0 bridgehead atoms. The van der Waals surface area contributed by atoms with Crippen molar-refractivity contribution in [3.05, 3.63) is 15.6 Å². The minimum Gasteiger partial charge on any atom is -0.479 e. The van der Waals surface area contributed by atoms with E-state index in [-0.39, 0.29) is 5.91 Å². The molecule has 1 aromatic rings. The van der Waals surface area contributed by atoms with Crippen LogP contribution in [0.5, 0.6) is 0 Å². The number of aliphatic carboxylic acids is 1. The maximum Gasteiger partial charge on any atom is 0.330 e. The molecule has 8 heteroatoms. The molecule has 2 N–H and O–H groups in total. The Morgan fingerprint density at radius 3 is 2.85 bits per heavy atom. The molecule has 0 aliphatic carbocycles. The maximum absolute atomic E-state index is 12.3. The fourth-order valence-corrected chi connectivity index (χ4v) is 4.27. The van der Waals surface area contributed by atoms with Crippen molar-refractivity contribution in [2.75, 3.05) is 18.6 Å². The lowest BCUT2D eigenvalue weighted by Crippen LogP contribution is -2.54. The normalized spacial score (nSPS) is 21.9. The number of thioether (sulfide) groups is 1. The summed E-state index contributed by atoms with van der Waals surface area (Å²) in [7, 11) is 1.56. The molecular weight excluding hydrogens is 300 g/mol. The van der Waals surface area contributed by atoms with E-state index in [1.807, 2.05) is 0 Å². The molecule has 110 valence electrons. The molecule has 1 atom stereocenters. The van der Waals surface area contributed by atoms with E-state index in [4.69, 9.17) is 4.74 Å². The summed E-state index contributed by atoms with van der Waals surface area (Å²) in [6.07, 6.45) is 0.446. The summed E-state index contributed by atoms with van der Waals surface area (Å²) in [5.41, 5.74) is -0.551. The van der Waals surface area contributed by atoms with Crippen LogP contribution in [0.25, 0.3) is 0 Å². The number of carbonyl (C=O) groups is 2. The quantitative estimate of drug-likeness (QED) is 0.851. The lowest BCUT2D eigenvalue weighted by atomic mass is 9.99. The van der Waals surface area contributed by atoms with Crippen LogP contribution in [-0.4, -0.2) is 46.1 Å². The Balaban J connectivity index is 2.17. The van der Waals surface area contributed by atoms with Crippen LogP contribution in [0, 0.1) is 6.92 Å². The third kappa shape index (κ3) is 2.97. The van der Waals surface area contributed by atoms with Gasteiger partial charge in [0.15, 0.2) is 0 Å². The summed E-state index contributed by atoms with van der Waals surface area (Å²) in [4.78, 5) is 28.4. The van der Waals surface area contributed by atoms with Crippen molar-refractivity contribution in [1.29, 1.82) is 0 Å². The standard InChI is InChI=1S/C12H16N2O4S2/c1-7-9(20-8(13-7)5-18-2)10(15)14-12(11(16)17)3-4-19-6-12/h3-6H2,1-2H3,(H,14,15)(H,16,17). The van der Waals surface area contributed by atoms with Gasteiger partial charge in [-0.3, -0.25) is 4.79 Å². The SMILES string of the molecule is COCc1nc(C)c(C(=O)NC2(C(=O)O)CCSC2)s1. The van der Waals surface area contributed by atoms with Gasteiger partial charge in [0.2, 0.25) is 0 Å². The first-order valence-electron chi connectivity index (χ1n) is 6.07. The Morgan fingerprint density at radius 1 is 1.55 bits per heavy atom. The first-order valence-corrected chi connectivity index (χ1v) is 8.04. The lowest BCUT2D eigenvalue weighted by Gasteiger charge is -2.24. The number of aryl methyl sites for hydroxylation is 1. The number of methoxy groups -OCH3 is 1. The van der Waals surface area contributed by atoms with Gasteiger partial charge in [0.05, 0.1) is 12.3 Å². The van der Waals surface area contributed by atoms with Gasteiger partial charge in [0, 0.05) is 12.9 Å². The molecule has 2 heterocycles. The molecular formula is C12H16N2O4S2. The Kier molecular flexibility index (Phi) is 4.66. The van der Waals surface area contributed by atoms with Crippen LogP contribution in [0.2, 0.25) is 0 Å². The van der Waals surface area contributed by atoms with Crippen molar-refractivity contribution in [3.8, 4) is 0 Å². The number of nitrogens with one attached hydrogen (secondary N) is 1. The molecule has 6 nitrogen and oxygen atoms in total. The van der Waals surface area contributed by atoms with E-state index in [9.17, 15) is 14.7 Å². The summed E-state index contributed by atoms with van der Waals surface area (Å²) in [5.74, 6) is -0.206. The number of carbonyl (C=O) groups excluding carboxylic acids is 1. The number of rotatable bonds is 5. The van der Waals surface area contributed by atoms with Crippen molar-refractivity contribution in [3.63, 3.8) is 0 Å². The van der Waals surface area contributed by atoms with Gasteiger partial charge in [-0.05, 0) is 19.1 Å². The van der Waals surface area contributed by atoms with Gasteiger partial charge in [-0.25, -0.2) is 9.78 Å². The lowest BCUT2D eigenvalue weighted by molar-refractivity contribution is -0.143. The highest BCUT2D eigenvalue weighted by molar-refractivity contribution is 7.99. The molecule has 1 saturated heterocycles. The van der Waals surface area contributed by atoms with Crippen LogP contribution in [-0.2, 0) is 16.1 Å². The van der Waals surface area contributed by atoms with E-state index in [1.165, 1.54) is 23.1 Å². The molecule has 1 amide bonds. The van der Waals surface area contributed by atoms with E-state index in [2.05, 4.69) is 10.3 Å². The van der Waals surface area contributed by atoms with Crippen LogP contribution in [0.1, 0.15) is 26.8 Å². The number of ether oxygens (including phenoxy) is 1. The van der Waals surface area contributed by atoms with Gasteiger partial charge in [0.1, 0.15) is 15.4 Å². The first kappa shape index (κ1) is 15.3. The molecule has 0 aromatic carbocycles. The predicted octanol–water partition coefficient (Wildman–Crippen LogP) is 1.29. The van der Waals surface area contributed by atoms with Crippen molar-refractivity contribution in [2.45, 2.75) is 25.5 Å². The van der Waals surface area contributed by atoms with Crippen molar-refractivity contribution in [2.24, 2.45) is 0 Å². The second-order valence-corrected chi connectivity index (χ2v) is 6.79. The van der Waals surface area contributed by atoms with Gasteiger partial charge in [-0.15, -0.1) is 11.3 Å². The van der Waals surface area contributed by atoms with Crippen LogP contribution in [0.15, 0.2) is 0 Å². The van der Waals surface area contributed by atoms with Crippen molar-refractivity contribution in [1.82, 2.24) is 10.3 Å². The molecule has 0 saturated carbocycles. The van der Waals surface area contributed by atoms with E-state index >= 15 is 0 Å². The number of aromatic nitrogens is 1. The summed E-state index contributed by atoms with van der Waals surface area (Å²) < 4.78 is 4.99. The monoisotopic (exact) mass is 316 g/mol. The minimum absolute atomic E-state index is 0.346. The Bertz CT molecular complexity index is 524. The number of amides is 1. The molecule has 2 rings (SSSR count). The van der Waals surface area contributed by atoms with E-state index in [0.29, 0.717) is 34.4 Å². The number of hydrogen-bond acceptors (Lipinski definition) is 6.